The minimum Gasteiger partial charge on any atom is -0.390 e. The fourth-order valence-corrected chi connectivity index (χ4v) is 7.17. The Morgan fingerprint density at radius 3 is 2.52 bits per heavy atom. The molecule has 1 aliphatic heterocycles. The van der Waals surface area contributed by atoms with Crippen LogP contribution in [0.3, 0.4) is 0 Å². The lowest BCUT2D eigenvalue weighted by molar-refractivity contribution is 0.0821. The second-order valence-corrected chi connectivity index (χ2v) is 12.9. The Balaban J connectivity index is 1.56. The van der Waals surface area contributed by atoms with Gasteiger partial charge in [0.25, 0.3) is 5.91 Å². The smallest absolute Gasteiger partial charge is 0.251 e. The van der Waals surface area contributed by atoms with Gasteiger partial charge in [-0.25, -0.2) is 8.78 Å². The first-order chi connectivity index (χ1) is 19.2. The van der Waals surface area contributed by atoms with Crippen LogP contribution in [0.15, 0.2) is 36.4 Å². The summed E-state index contributed by atoms with van der Waals surface area (Å²) in [6.45, 7) is 3.24. The summed E-state index contributed by atoms with van der Waals surface area (Å²) in [5.41, 5.74) is 1.92. The average molecular weight is 581 g/mol. The second-order valence-electron chi connectivity index (χ2n) is 10.8. The molecule has 2 atom stereocenters. The molecule has 1 aliphatic carbocycles. The SMILES string of the molecule is CCNc1cc(C(=O)NC(Cc2ccc(F)c(F)c2)C(O)CNC2CCCCC2)cc(N2CCCCS2(O)O)c1. The fraction of sp³-hybridized carbons (Fsp3) is 0.552. The van der Waals surface area contributed by atoms with E-state index in [1.165, 1.54) is 12.5 Å². The molecule has 1 amide bonds. The molecule has 6 N–H and O–H groups in total. The van der Waals surface area contributed by atoms with Crippen LogP contribution in [-0.2, 0) is 6.42 Å². The normalized spacial score (nSPS) is 20.0. The van der Waals surface area contributed by atoms with Crippen molar-refractivity contribution in [2.45, 2.75) is 76.5 Å². The van der Waals surface area contributed by atoms with E-state index in [4.69, 9.17) is 0 Å². The van der Waals surface area contributed by atoms with Crippen molar-refractivity contribution in [1.29, 1.82) is 0 Å². The molecule has 2 aromatic rings. The molecule has 2 fully saturated rings. The molecule has 222 valence electrons. The molecule has 8 nitrogen and oxygen atoms in total. The third kappa shape index (κ3) is 8.07. The number of halogens is 2. The van der Waals surface area contributed by atoms with Gasteiger partial charge in [-0.05, 0) is 74.9 Å². The zero-order valence-electron chi connectivity index (χ0n) is 23.0. The van der Waals surface area contributed by atoms with E-state index in [1.54, 1.807) is 22.5 Å². The molecule has 4 rings (SSSR count). The highest BCUT2D eigenvalue weighted by molar-refractivity contribution is 8.25. The monoisotopic (exact) mass is 580 g/mol. The van der Waals surface area contributed by atoms with Crippen LogP contribution in [0.2, 0.25) is 0 Å². The van der Waals surface area contributed by atoms with Crippen molar-refractivity contribution >= 4 is 28.1 Å². The van der Waals surface area contributed by atoms with Gasteiger partial charge in [0.05, 0.1) is 23.6 Å². The largest absolute Gasteiger partial charge is 0.390 e. The zero-order valence-corrected chi connectivity index (χ0v) is 23.9. The predicted octanol–water partition coefficient (Wildman–Crippen LogP) is 5.29. The van der Waals surface area contributed by atoms with Gasteiger partial charge in [-0.1, -0.05) is 25.3 Å². The molecule has 1 heterocycles. The van der Waals surface area contributed by atoms with Gasteiger partial charge in [-0.2, -0.15) is 0 Å². The number of hydrogen-bond acceptors (Lipinski definition) is 7. The first-order valence-corrected chi connectivity index (χ1v) is 15.9. The average Bonchev–Trinajstić information content (AvgIpc) is 2.93. The minimum absolute atomic E-state index is 0.100. The lowest BCUT2D eigenvalue weighted by Gasteiger charge is -2.47. The van der Waals surface area contributed by atoms with E-state index >= 15 is 0 Å². The summed E-state index contributed by atoms with van der Waals surface area (Å²) in [6, 6.07) is 8.18. The molecular formula is C29H42F2N4O4S. The van der Waals surface area contributed by atoms with Crippen molar-refractivity contribution in [3.8, 4) is 0 Å². The molecule has 0 bridgehead atoms. The van der Waals surface area contributed by atoms with E-state index in [9.17, 15) is 27.8 Å². The maximum absolute atomic E-state index is 14.0. The summed E-state index contributed by atoms with van der Waals surface area (Å²) in [5.74, 6) is -2.13. The quantitative estimate of drug-likeness (QED) is 0.214. The van der Waals surface area contributed by atoms with Gasteiger partial charge in [-0.3, -0.25) is 18.2 Å². The molecular weight excluding hydrogens is 538 g/mol. The van der Waals surface area contributed by atoms with Crippen molar-refractivity contribution in [1.82, 2.24) is 10.6 Å². The van der Waals surface area contributed by atoms with Crippen molar-refractivity contribution in [3.63, 3.8) is 0 Å². The van der Waals surface area contributed by atoms with Gasteiger partial charge in [0.2, 0.25) is 0 Å². The Hall–Kier alpha value is -2.44. The molecule has 11 heteroatoms. The van der Waals surface area contributed by atoms with Gasteiger partial charge in [-0.15, -0.1) is 10.8 Å². The predicted molar refractivity (Wildman–Crippen MR) is 157 cm³/mol. The van der Waals surface area contributed by atoms with Crippen LogP contribution >= 0.6 is 10.8 Å². The molecule has 2 aliphatic rings. The van der Waals surface area contributed by atoms with Crippen LogP contribution in [0.4, 0.5) is 20.2 Å². The van der Waals surface area contributed by atoms with Crippen LogP contribution in [0, 0.1) is 11.6 Å². The zero-order chi connectivity index (χ0) is 28.7. The van der Waals surface area contributed by atoms with Crippen LogP contribution in [0.25, 0.3) is 0 Å². The molecule has 1 saturated carbocycles. The molecule has 2 unspecified atom stereocenters. The number of aliphatic hydroxyl groups is 1. The molecule has 0 radical (unpaired) electrons. The summed E-state index contributed by atoms with van der Waals surface area (Å²) < 4.78 is 50.4. The van der Waals surface area contributed by atoms with Crippen molar-refractivity contribution in [3.05, 3.63) is 59.2 Å². The van der Waals surface area contributed by atoms with Gasteiger partial charge < -0.3 is 21.1 Å². The van der Waals surface area contributed by atoms with E-state index in [1.807, 2.05) is 6.92 Å². The third-order valence-electron chi connectivity index (χ3n) is 7.67. The number of rotatable bonds is 11. The Kier molecular flexibility index (Phi) is 10.6. The number of nitrogens with one attached hydrogen (secondary N) is 3. The summed E-state index contributed by atoms with van der Waals surface area (Å²) in [7, 11) is -2.99. The van der Waals surface area contributed by atoms with Gasteiger partial charge in [0, 0.05) is 36.9 Å². The van der Waals surface area contributed by atoms with Crippen LogP contribution in [0.5, 0.6) is 0 Å². The van der Waals surface area contributed by atoms with E-state index in [2.05, 4.69) is 16.0 Å². The Morgan fingerprint density at radius 1 is 1.05 bits per heavy atom. The minimum atomic E-state index is -2.99. The summed E-state index contributed by atoms with van der Waals surface area (Å²) in [4.78, 5) is 13.6. The van der Waals surface area contributed by atoms with E-state index in [-0.39, 0.29) is 24.3 Å². The van der Waals surface area contributed by atoms with Crippen molar-refractivity contribution < 1.29 is 27.8 Å². The Labute approximate surface area is 237 Å². The Bertz CT molecular complexity index is 1150. The Morgan fingerprint density at radius 2 is 1.82 bits per heavy atom. The number of aliphatic hydroxyl groups excluding tert-OH is 1. The number of carbonyl (C=O) groups excluding carboxylic acids is 1. The van der Waals surface area contributed by atoms with Gasteiger partial charge in [0.1, 0.15) is 0 Å². The fourth-order valence-electron chi connectivity index (χ4n) is 5.49. The molecule has 2 aromatic carbocycles. The number of anilines is 2. The number of benzene rings is 2. The maximum atomic E-state index is 14.0. The summed E-state index contributed by atoms with van der Waals surface area (Å²) in [6.07, 6.45) is 6.18. The lowest BCUT2D eigenvalue weighted by Crippen LogP contribution is -2.50. The van der Waals surface area contributed by atoms with Crippen LogP contribution in [-0.4, -0.2) is 63.7 Å². The summed E-state index contributed by atoms with van der Waals surface area (Å²) >= 11 is 0. The first-order valence-electron chi connectivity index (χ1n) is 14.2. The molecule has 0 spiro atoms. The standard InChI is InChI=1S/C29H42F2N4O4S/c1-2-32-23-16-21(17-24(18-23)35-12-6-7-13-40(35,38)39)29(37)34-27(15-20-10-11-25(30)26(31)14-20)28(36)19-33-22-8-4-3-5-9-22/h10-11,14,16-18,22,27-28,32-33,36,38-39H,2-9,12-13,15,19H2,1H3,(H,34,37). The number of amides is 1. The van der Waals surface area contributed by atoms with Crippen LogP contribution < -0.4 is 20.3 Å². The van der Waals surface area contributed by atoms with E-state index in [0.29, 0.717) is 36.1 Å². The van der Waals surface area contributed by atoms with Crippen molar-refractivity contribution in [2.24, 2.45) is 0 Å². The number of carbonyl (C=O) groups is 1. The first kappa shape index (κ1) is 30.5. The highest BCUT2D eigenvalue weighted by Crippen LogP contribution is 2.50. The number of nitrogens with zero attached hydrogens (tertiary/aromatic N) is 1. The van der Waals surface area contributed by atoms with Gasteiger partial charge >= 0.3 is 0 Å². The van der Waals surface area contributed by atoms with Crippen molar-refractivity contribution in [2.75, 3.05) is 35.0 Å². The molecule has 40 heavy (non-hydrogen) atoms. The second kappa shape index (κ2) is 14.0. The maximum Gasteiger partial charge on any atom is 0.251 e. The highest BCUT2D eigenvalue weighted by atomic mass is 32.3. The third-order valence-corrected chi connectivity index (χ3v) is 9.61. The lowest BCUT2D eigenvalue weighted by atomic mass is 9.94. The van der Waals surface area contributed by atoms with Crippen LogP contribution in [0.1, 0.15) is 67.8 Å². The van der Waals surface area contributed by atoms with E-state index in [0.717, 1.165) is 50.7 Å². The van der Waals surface area contributed by atoms with E-state index < -0.39 is 40.5 Å². The molecule has 0 aromatic heterocycles. The van der Waals surface area contributed by atoms with Gasteiger partial charge in [0.15, 0.2) is 11.6 Å². The highest BCUT2D eigenvalue weighted by Gasteiger charge is 2.29. The topological polar surface area (TPSA) is 117 Å². The number of hydrogen-bond donors (Lipinski definition) is 6. The summed E-state index contributed by atoms with van der Waals surface area (Å²) in [5, 5.41) is 20.7. The molecule has 1 saturated heterocycles.